The quantitative estimate of drug-likeness (QED) is 0.396. The van der Waals surface area contributed by atoms with Gasteiger partial charge in [-0.3, -0.25) is 0 Å². The minimum Gasteiger partial charge on any atom is -0.515 e. The molecule has 0 radical (unpaired) electrons. The molecule has 0 rings (SSSR count). The van der Waals surface area contributed by atoms with E-state index in [4.69, 9.17) is 10.4 Å². The van der Waals surface area contributed by atoms with Gasteiger partial charge in [-0.05, 0) is 6.42 Å². The van der Waals surface area contributed by atoms with Crippen LogP contribution in [0.3, 0.4) is 0 Å². The summed E-state index contributed by atoms with van der Waals surface area (Å²) in [5.41, 5.74) is 0.417. The number of nitriles is 1. The summed E-state index contributed by atoms with van der Waals surface area (Å²) < 4.78 is 0. The van der Waals surface area contributed by atoms with Gasteiger partial charge in [0.2, 0.25) is 0 Å². The van der Waals surface area contributed by atoms with Gasteiger partial charge in [0.25, 0.3) is 0 Å². The zero-order valence-electron chi connectivity index (χ0n) is 4.18. The van der Waals surface area contributed by atoms with Crippen LogP contribution in [0.2, 0.25) is 0 Å². The van der Waals surface area contributed by atoms with Crippen LogP contribution in [-0.2, 0) is 0 Å². The summed E-state index contributed by atoms with van der Waals surface area (Å²) in [6, 6.07) is 1.81. The van der Waals surface area contributed by atoms with Crippen LogP contribution in [0.1, 0.15) is 13.3 Å². The Morgan fingerprint density at radius 3 is 2.57 bits per heavy atom. The van der Waals surface area contributed by atoms with Crippen LogP contribution in [-0.4, -0.2) is 5.11 Å². The summed E-state index contributed by atoms with van der Waals surface area (Å²) >= 11 is 0. The standard InChI is InChI=1S/C5H7NO/c1-2-5(3-6)4-7/h4,7H,2H2,1H3. The summed E-state index contributed by atoms with van der Waals surface area (Å²) in [5, 5.41) is 16.2. The molecule has 7 heavy (non-hydrogen) atoms. The van der Waals surface area contributed by atoms with E-state index in [0.717, 1.165) is 6.26 Å². The van der Waals surface area contributed by atoms with Crippen molar-refractivity contribution in [1.82, 2.24) is 0 Å². The fourth-order valence-electron chi connectivity index (χ4n) is 0.199. The Morgan fingerprint density at radius 2 is 2.57 bits per heavy atom. The third-order valence-corrected chi connectivity index (χ3v) is 0.680. The molecule has 0 aromatic heterocycles. The highest BCUT2D eigenvalue weighted by atomic mass is 16.2. The Morgan fingerprint density at radius 1 is 2.00 bits per heavy atom. The molecule has 0 heterocycles. The second-order valence-corrected chi connectivity index (χ2v) is 1.12. The maximum absolute atomic E-state index is 8.14. The van der Waals surface area contributed by atoms with E-state index in [0.29, 0.717) is 12.0 Å². The highest BCUT2D eigenvalue weighted by Gasteiger charge is 1.84. The molecule has 0 unspecified atom stereocenters. The molecule has 0 bridgehead atoms. The predicted octanol–water partition coefficient (Wildman–Crippen LogP) is 1.36. The zero-order chi connectivity index (χ0) is 5.70. The number of allylic oxidation sites excluding steroid dienone is 1. The number of hydrogen-bond donors (Lipinski definition) is 1. The van der Waals surface area contributed by atoms with Gasteiger partial charge in [-0.1, -0.05) is 6.92 Å². The lowest BCUT2D eigenvalue weighted by Crippen LogP contribution is -1.70. The monoisotopic (exact) mass is 97.1 g/mol. The Kier molecular flexibility index (Phi) is 2.78. The Hall–Kier alpha value is -0.970. The Bertz CT molecular complexity index is 110. The molecule has 2 nitrogen and oxygen atoms in total. The molecule has 38 valence electrons. The van der Waals surface area contributed by atoms with Crippen molar-refractivity contribution in [2.24, 2.45) is 0 Å². The first-order chi connectivity index (χ1) is 3.35. The first-order valence-electron chi connectivity index (χ1n) is 2.08. The van der Waals surface area contributed by atoms with Crippen LogP contribution >= 0.6 is 0 Å². The SMILES string of the molecule is CCC(C#N)=CO. The van der Waals surface area contributed by atoms with Gasteiger partial charge in [0, 0.05) is 0 Å². The van der Waals surface area contributed by atoms with Gasteiger partial charge in [-0.15, -0.1) is 0 Å². The fraction of sp³-hybridized carbons (Fsp3) is 0.400. The van der Waals surface area contributed by atoms with Gasteiger partial charge in [0.15, 0.2) is 0 Å². The highest BCUT2D eigenvalue weighted by molar-refractivity contribution is 5.16. The van der Waals surface area contributed by atoms with Crippen molar-refractivity contribution in [3.63, 3.8) is 0 Å². The van der Waals surface area contributed by atoms with Crippen LogP contribution in [0.15, 0.2) is 11.8 Å². The maximum Gasteiger partial charge on any atom is 0.0979 e. The van der Waals surface area contributed by atoms with Crippen molar-refractivity contribution in [3.8, 4) is 6.07 Å². The predicted molar refractivity (Wildman–Crippen MR) is 26.6 cm³/mol. The Balaban J connectivity index is 3.68. The molecule has 2 heteroatoms. The molecule has 1 N–H and O–H groups in total. The van der Waals surface area contributed by atoms with Crippen LogP contribution in [0, 0.1) is 11.3 Å². The van der Waals surface area contributed by atoms with Gasteiger partial charge in [-0.25, -0.2) is 0 Å². The summed E-state index contributed by atoms with van der Waals surface area (Å²) in [5.74, 6) is 0. The minimum atomic E-state index is 0.417. The molecule has 0 fully saturated rings. The van der Waals surface area contributed by atoms with Crippen molar-refractivity contribution in [2.75, 3.05) is 0 Å². The first-order valence-corrected chi connectivity index (χ1v) is 2.08. The van der Waals surface area contributed by atoms with Crippen LogP contribution < -0.4 is 0 Å². The second kappa shape index (κ2) is 3.23. The molecular weight excluding hydrogens is 90.1 g/mol. The normalized spacial score (nSPS) is 10.6. The molecule has 0 aromatic rings. The lowest BCUT2D eigenvalue weighted by molar-refractivity contribution is 0.468. The van der Waals surface area contributed by atoms with Gasteiger partial charge in [-0.2, -0.15) is 5.26 Å². The second-order valence-electron chi connectivity index (χ2n) is 1.12. The molecule has 0 aliphatic carbocycles. The van der Waals surface area contributed by atoms with Gasteiger partial charge >= 0.3 is 0 Å². The van der Waals surface area contributed by atoms with E-state index in [1.807, 2.05) is 13.0 Å². The molecule has 0 saturated carbocycles. The lowest BCUT2D eigenvalue weighted by Gasteiger charge is -1.80. The molecule has 0 aliphatic rings. The van der Waals surface area contributed by atoms with Crippen molar-refractivity contribution >= 4 is 0 Å². The van der Waals surface area contributed by atoms with Crippen LogP contribution in [0.4, 0.5) is 0 Å². The van der Waals surface area contributed by atoms with E-state index in [2.05, 4.69) is 0 Å². The van der Waals surface area contributed by atoms with E-state index in [9.17, 15) is 0 Å². The van der Waals surface area contributed by atoms with Crippen molar-refractivity contribution in [1.29, 1.82) is 5.26 Å². The molecule has 0 aliphatic heterocycles. The smallest absolute Gasteiger partial charge is 0.0979 e. The number of hydrogen-bond acceptors (Lipinski definition) is 2. The number of aliphatic hydroxyl groups excluding tert-OH is 1. The molecule has 0 spiro atoms. The maximum atomic E-state index is 8.14. The van der Waals surface area contributed by atoms with Gasteiger partial charge < -0.3 is 5.11 Å². The average molecular weight is 97.1 g/mol. The van der Waals surface area contributed by atoms with Gasteiger partial charge in [0.05, 0.1) is 17.9 Å². The summed E-state index contributed by atoms with van der Waals surface area (Å²) in [6.07, 6.45) is 1.44. The minimum absolute atomic E-state index is 0.417. The number of nitrogens with zero attached hydrogens (tertiary/aromatic N) is 1. The van der Waals surface area contributed by atoms with E-state index >= 15 is 0 Å². The molecule has 0 amide bonds. The number of aliphatic hydroxyl groups is 1. The van der Waals surface area contributed by atoms with E-state index in [1.54, 1.807) is 0 Å². The third-order valence-electron chi connectivity index (χ3n) is 0.680. The van der Waals surface area contributed by atoms with E-state index < -0.39 is 0 Å². The lowest BCUT2D eigenvalue weighted by atomic mass is 10.3. The summed E-state index contributed by atoms with van der Waals surface area (Å²) in [6.45, 7) is 1.81. The molecular formula is C5H7NO. The average Bonchev–Trinajstić information content (AvgIpc) is 1.72. The fourth-order valence-corrected chi connectivity index (χ4v) is 0.199. The largest absolute Gasteiger partial charge is 0.515 e. The van der Waals surface area contributed by atoms with E-state index in [-0.39, 0.29) is 0 Å². The third kappa shape index (κ3) is 1.83. The summed E-state index contributed by atoms with van der Waals surface area (Å²) in [4.78, 5) is 0. The van der Waals surface area contributed by atoms with Crippen LogP contribution in [0.5, 0.6) is 0 Å². The zero-order valence-corrected chi connectivity index (χ0v) is 4.18. The van der Waals surface area contributed by atoms with Crippen molar-refractivity contribution in [3.05, 3.63) is 11.8 Å². The van der Waals surface area contributed by atoms with Crippen molar-refractivity contribution < 1.29 is 5.11 Å². The van der Waals surface area contributed by atoms with E-state index in [1.165, 1.54) is 0 Å². The first kappa shape index (κ1) is 6.03. The number of rotatable bonds is 1. The van der Waals surface area contributed by atoms with Crippen LogP contribution in [0.25, 0.3) is 0 Å². The molecule has 0 saturated heterocycles. The Labute approximate surface area is 42.7 Å². The highest BCUT2D eigenvalue weighted by Crippen LogP contribution is 1.93. The topological polar surface area (TPSA) is 44.0 Å². The molecule has 0 atom stereocenters. The van der Waals surface area contributed by atoms with Crippen molar-refractivity contribution in [2.45, 2.75) is 13.3 Å². The van der Waals surface area contributed by atoms with Gasteiger partial charge in [0.1, 0.15) is 0 Å². The molecule has 0 aromatic carbocycles. The summed E-state index contributed by atoms with van der Waals surface area (Å²) in [7, 11) is 0.